The first kappa shape index (κ1) is 20.8. The Balaban J connectivity index is 2.41. The predicted octanol–water partition coefficient (Wildman–Crippen LogP) is 3.51. The number of nitrogens with one attached hydrogen (secondary N) is 1. The van der Waals surface area contributed by atoms with Crippen LogP contribution in [0.1, 0.15) is 56.2 Å². The Kier molecular flexibility index (Phi) is 6.31. The normalized spacial score (nSPS) is 10.8. The Hall–Kier alpha value is -3.47. The number of pyridine rings is 1. The molecule has 0 bridgehead atoms. The fourth-order valence-corrected chi connectivity index (χ4v) is 2.95. The number of carbonyl (C=O) groups is 1. The molecule has 1 aromatic heterocycles. The molecule has 0 aliphatic rings. The van der Waals surface area contributed by atoms with Crippen LogP contribution >= 0.6 is 0 Å². The maximum absolute atomic E-state index is 12.6. The molecule has 0 spiro atoms. The van der Waals surface area contributed by atoms with Gasteiger partial charge in [0, 0.05) is 11.8 Å². The van der Waals surface area contributed by atoms with Crippen molar-refractivity contribution < 1.29 is 9.72 Å². The second-order valence-electron chi connectivity index (χ2n) is 7.08. The average Bonchev–Trinajstić information content (AvgIpc) is 2.62. The molecule has 8 nitrogen and oxygen atoms in total. The van der Waals surface area contributed by atoms with E-state index in [1.54, 1.807) is 6.07 Å². The van der Waals surface area contributed by atoms with E-state index in [1.807, 2.05) is 45.9 Å². The summed E-state index contributed by atoms with van der Waals surface area (Å²) in [6.45, 7) is 7.62. The van der Waals surface area contributed by atoms with Crippen LogP contribution in [0.3, 0.4) is 0 Å². The minimum Gasteiger partial charge on any atom is -0.324 e. The van der Waals surface area contributed by atoms with Crippen LogP contribution in [-0.4, -0.2) is 15.4 Å². The van der Waals surface area contributed by atoms with Crippen LogP contribution in [0.5, 0.6) is 0 Å². The van der Waals surface area contributed by atoms with E-state index in [1.165, 1.54) is 0 Å². The highest BCUT2D eigenvalue weighted by atomic mass is 16.6. The van der Waals surface area contributed by atoms with Gasteiger partial charge in [-0.15, -0.1) is 0 Å². The first-order valence-electron chi connectivity index (χ1n) is 8.87. The Morgan fingerprint density at radius 2 is 1.82 bits per heavy atom. The van der Waals surface area contributed by atoms with Crippen LogP contribution in [0.2, 0.25) is 0 Å². The minimum absolute atomic E-state index is 0.166. The molecular weight excluding hydrogens is 360 g/mol. The molecule has 0 aliphatic heterocycles. The summed E-state index contributed by atoms with van der Waals surface area (Å²) in [6.07, 6.45) is 0.973. The van der Waals surface area contributed by atoms with Crippen LogP contribution in [0, 0.1) is 21.4 Å². The number of hydrogen-bond acceptors (Lipinski definition) is 5. The summed E-state index contributed by atoms with van der Waals surface area (Å²) in [5, 5.41) is 22.9. The van der Waals surface area contributed by atoms with E-state index >= 15 is 0 Å². The summed E-state index contributed by atoms with van der Waals surface area (Å²) >= 11 is 0. The molecule has 1 aromatic carbocycles. The van der Waals surface area contributed by atoms with Crippen LogP contribution < -0.4 is 10.9 Å². The molecular formula is C20H22N4O4. The van der Waals surface area contributed by atoms with Crippen molar-refractivity contribution in [2.75, 3.05) is 5.32 Å². The highest BCUT2D eigenvalue weighted by Gasteiger charge is 2.19. The van der Waals surface area contributed by atoms with E-state index in [4.69, 9.17) is 5.26 Å². The third-order valence-electron chi connectivity index (χ3n) is 4.35. The molecule has 28 heavy (non-hydrogen) atoms. The number of amides is 1. The number of anilines is 1. The maximum Gasteiger partial charge on any atom is 0.287 e. The summed E-state index contributed by atoms with van der Waals surface area (Å²) in [5.41, 5.74) is 1.06. The number of aromatic nitrogens is 1. The molecule has 2 rings (SSSR count). The molecule has 1 heterocycles. The molecule has 1 N–H and O–H groups in total. The van der Waals surface area contributed by atoms with Gasteiger partial charge in [-0.2, -0.15) is 5.26 Å². The summed E-state index contributed by atoms with van der Waals surface area (Å²) < 4.78 is 0.888. The number of para-hydroxylation sites is 1. The fraction of sp³-hybridized carbons (Fsp3) is 0.350. The average molecular weight is 382 g/mol. The van der Waals surface area contributed by atoms with Gasteiger partial charge < -0.3 is 5.32 Å². The molecule has 8 heteroatoms. The van der Waals surface area contributed by atoms with Crippen LogP contribution in [0.15, 0.2) is 35.3 Å². The van der Waals surface area contributed by atoms with E-state index in [-0.39, 0.29) is 17.4 Å². The second kappa shape index (κ2) is 8.48. The molecule has 146 valence electrons. The minimum atomic E-state index is -0.746. The first-order valence-corrected chi connectivity index (χ1v) is 8.87. The third kappa shape index (κ3) is 4.43. The number of nitro groups is 1. The van der Waals surface area contributed by atoms with E-state index in [0.717, 1.165) is 28.0 Å². The Morgan fingerprint density at radius 3 is 2.29 bits per heavy atom. The highest BCUT2D eigenvalue weighted by molar-refractivity contribution is 5.92. The van der Waals surface area contributed by atoms with Crippen molar-refractivity contribution in [1.82, 2.24) is 4.57 Å². The zero-order chi connectivity index (χ0) is 21.0. The van der Waals surface area contributed by atoms with Gasteiger partial charge >= 0.3 is 0 Å². The number of carbonyl (C=O) groups excluding carboxylic acids is 1. The Labute approximate surface area is 162 Å². The monoisotopic (exact) mass is 382 g/mol. The summed E-state index contributed by atoms with van der Waals surface area (Å²) in [7, 11) is 0. The van der Waals surface area contributed by atoms with Gasteiger partial charge in [-0.05, 0) is 23.0 Å². The van der Waals surface area contributed by atoms with Crippen LogP contribution in [0.4, 0.5) is 11.4 Å². The lowest BCUT2D eigenvalue weighted by Crippen LogP contribution is -2.29. The zero-order valence-corrected chi connectivity index (χ0v) is 16.2. The number of rotatable bonds is 6. The van der Waals surface area contributed by atoms with Gasteiger partial charge in [-0.1, -0.05) is 45.9 Å². The maximum atomic E-state index is 12.6. The predicted molar refractivity (Wildman–Crippen MR) is 105 cm³/mol. The zero-order valence-electron chi connectivity index (χ0n) is 16.2. The number of nitrogens with zero attached hydrogens (tertiary/aromatic N) is 3. The van der Waals surface area contributed by atoms with Crippen LogP contribution in [-0.2, 0) is 11.3 Å². The smallest absolute Gasteiger partial charge is 0.287 e. The molecule has 0 saturated heterocycles. The van der Waals surface area contributed by atoms with Crippen molar-refractivity contribution in [2.45, 2.75) is 46.1 Å². The summed E-state index contributed by atoms with van der Waals surface area (Å²) in [6, 6.07) is 8.33. The molecule has 0 fully saturated rings. The quantitative estimate of drug-likeness (QED) is 0.606. The van der Waals surface area contributed by atoms with Gasteiger partial charge in [-0.3, -0.25) is 24.3 Å². The lowest BCUT2D eigenvalue weighted by atomic mass is 9.92. The number of nitriles is 1. The molecule has 0 unspecified atom stereocenters. The lowest BCUT2D eigenvalue weighted by Gasteiger charge is -2.20. The fourth-order valence-electron chi connectivity index (χ4n) is 2.95. The van der Waals surface area contributed by atoms with Gasteiger partial charge in [0.15, 0.2) is 0 Å². The van der Waals surface area contributed by atoms with Crippen LogP contribution in [0.25, 0.3) is 0 Å². The number of benzene rings is 1. The standard InChI is InChI=1S/C20H22N4O4/c1-12(2)16-6-5-7-17(13(3)4)19(16)22-18(25)11-23-10-15(24(27)28)8-14(9-21)20(23)26/h5-8,10,12-13H,11H2,1-4H3,(H,22,25). The second-order valence-corrected chi connectivity index (χ2v) is 7.08. The van der Waals surface area contributed by atoms with Gasteiger partial charge in [0.25, 0.3) is 11.2 Å². The third-order valence-corrected chi connectivity index (χ3v) is 4.35. The van der Waals surface area contributed by atoms with Crippen molar-refractivity contribution in [3.8, 4) is 6.07 Å². The van der Waals surface area contributed by atoms with Gasteiger partial charge in [0.05, 0.1) is 11.1 Å². The molecule has 0 saturated carbocycles. The van der Waals surface area contributed by atoms with Gasteiger partial charge in [-0.25, -0.2) is 0 Å². The molecule has 0 radical (unpaired) electrons. The van der Waals surface area contributed by atoms with Gasteiger partial charge in [0.2, 0.25) is 5.91 Å². The topological polar surface area (TPSA) is 118 Å². The Bertz CT molecular complexity index is 990. The van der Waals surface area contributed by atoms with Crippen molar-refractivity contribution in [1.29, 1.82) is 5.26 Å². The lowest BCUT2D eigenvalue weighted by molar-refractivity contribution is -0.385. The molecule has 1 amide bonds. The Morgan fingerprint density at radius 1 is 1.25 bits per heavy atom. The summed E-state index contributed by atoms with van der Waals surface area (Å²) in [4.78, 5) is 35.2. The van der Waals surface area contributed by atoms with Crippen molar-refractivity contribution in [3.05, 3.63) is 67.6 Å². The molecule has 0 atom stereocenters. The molecule has 2 aromatic rings. The SMILES string of the molecule is CC(C)c1cccc(C(C)C)c1NC(=O)Cn1cc([N+](=O)[O-])cc(C#N)c1=O. The summed E-state index contributed by atoms with van der Waals surface area (Å²) in [5.74, 6) is -0.166. The van der Waals surface area contributed by atoms with E-state index in [0.29, 0.717) is 5.69 Å². The number of hydrogen-bond donors (Lipinski definition) is 1. The molecule has 0 aliphatic carbocycles. The van der Waals surface area contributed by atoms with E-state index in [9.17, 15) is 19.7 Å². The van der Waals surface area contributed by atoms with E-state index in [2.05, 4.69) is 5.32 Å². The van der Waals surface area contributed by atoms with Crippen molar-refractivity contribution in [2.24, 2.45) is 0 Å². The highest BCUT2D eigenvalue weighted by Crippen LogP contribution is 2.32. The van der Waals surface area contributed by atoms with Crippen molar-refractivity contribution >= 4 is 17.3 Å². The van der Waals surface area contributed by atoms with Crippen molar-refractivity contribution in [3.63, 3.8) is 0 Å². The van der Waals surface area contributed by atoms with E-state index < -0.39 is 28.6 Å². The first-order chi connectivity index (χ1) is 13.1. The van der Waals surface area contributed by atoms with Gasteiger partial charge in [0.1, 0.15) is 18.2 Å². The largest absolute Gasteiger partial charge is 0.324 e.